The molecule has 0 radical (unpaired) electrons. The van der Waals surface area contributed by atoms with Crippen LogP contribution in [0, 0.1) is 13.7 Å². The van der Waals surface area contributed by atoms with Crippen LogP contribution in [0.2, 0.25) is 0 Å². The van der Waals surface area contributed by atoms with Crippen molar-refractivity contribution in [2.24, 2.45) is 0 Å². The number of nitro groups is 1. The van der Waals surface area contributed by atoms with Crippen molar-refractivity contribution in [1.82, 2.24) is 5.32 Å². The largest absolute Gasteiger partial charge is 0.363 e. The maximum Gasteiger partial charge on any atom is 0.282 e. The Labute approximate surface area is 138 Å². The molecule has 1 spiro atoms. The minimum atomic E-state index is -0.306. The Morgan fingerprint density at radius 3 is 2.71 bits per heavy atom. The van der Waals surface area contributed by atoms with Crippen molar-refractivity contribution in [1.29, 1.82) is 0 Å². The molecule has 0 bridgehead atoms. The van der Waals surface area contributed by atoms with Crippen LogP contribution in [0.3, 0.4) is 0 Å². The third-order valence-corrected chi connectivity index (χ3v) is 5.63. The second-order valence-electron chi connectivity index (χ2n) is 6.01. The first-order valence-electron chi connectivity index (χ1n) is 7.55. The second-order valence-corrected chi connectivity index (χ2v) is 7.17. The monoisotopic (exact) mass is 401 g/mol. The zero-order valence-corrected chi connectivity index (χ0v) is 14.1. The van der Waals surface area contributed by atoms with Gasteiger partial charge in [-0.1, -0.05) is 19.3 Å². The van der Waals surface area contributed by atoms with E-state index in [0.717, 1.165) is 28.9 Å². The first-order valence-corrected chi connectivity index (χ1v) is 8.63. The van der Waals surface area contributed by atoms with Crippen LogP contribution in [-0.2, 0) is 0 Å². The SMILES string of the molecule is O=[N+]([O-])c1ccc(N2CCNCC23CCCCC3)cc1I. The van der Waals surface area contributed by atoms with E-state index in [-0.39, 0.29) is 16.1 Å². The van der Waals surface area contributed by atoms with Crippen molar-refractivity contribution in [2.75, 3.05) is 24.5 Å². The zero-order valence-electron chi connectivity index (χ0n) is 12.0. The van der Waals surface area contributed by atoms with Crippen LogP contribution in [-0.4, -0.2) is 30.1 Å². The van der Waals surface area contributed by atoms with E-state index in [1.165, 1.54) is 32.1 Å². The Balaban J connectivity index is 1.93. The molecular weight excluding hydrogens is 381 g/mol. The standard InChI is InChI=1S/C15H20IN3O2/c16-13-10-12(4-5-14(13)19(20)21)18-9-8-17-11-15(18)6-2-1-3-7-15/h4-5,10,17H,1-3,6-9,11H2. The molecule has 1 saturated heterocycles. The molecule has 3 rings (SSSR count). The van der Waals surface area contributed by atoms with E-state index in [1.54, 1.807) is 6.07 Å². The molecule has 6 heteroatoms. The number of hydrogen-bond donors (Lipinski definition) is 1. The lowest BCUT2D eigenvalue weighted by Gasteiger charge is -2.51. The van der Waals surface area contributed by atoms with Crippen molar-refractivity contribution < 1.29 is 4.92 Å². The van der Waals surface area contributed by atoms with Gasteiger partial charge in [-0.25, -0.2) is 0 Å². The summed E-state index contributed by atoms with van der Waals surface area (Å²) in [5, 5.41) is 14.5. The molecule has 21 heavy (non-hydrogen) atoms. The lowest BCUT2D eigenvalue weighted by molar-refractivity contribution is -0.385. The highest BCUT2D eigenvalue weighted by atomic mass is 127. The van der Waals surface area contributed by atoms with Crippen LogP contribution in [0.4, 0.5) is 11.4 Å². The molecule has 1 saturated carbocycles. The fourth-order valence-electron chi connectivity index (χ4n) is 3.72. The Kier molecular flexibility index (Phi) is 4.35. The summed E-state index contributed by atoms with van der Waals surface area (Å²) in [7, 11) is 0. The van der Waals surface area contributed by atoms with Crippen LogP contribution < -0.4 is 10.2 Å². The summed E-state index contributed by atoms with van der Waals surface area (Å²) in [6, 6.07) is 5.54. The molecule has 0 aromatic heterocycles. The summed E-state index contributed by atoms with van der Waals surface area (Å²) >= 11 is 2.07. The number of nitrogens with zero attached hydrogens (tertiary/aromatic N) is 2. The topological polar surface area (TPSA) is 58.4 Å². The fourth-order valence-corrected chi connectivity index (χ4v) is 4.41. The molecule has 0 atom stereocenters. The minimum absolute atomic E-state index is 0.201. The molecule has 1 aromatic rings. The normalized spacial score (nSPS) is 21.5. The van der Waals surface area contributed by atoms with Gasteiger partial charge in [0.2, 0.25) is 0 Å². The Morgan fingerprint density at radius 2 is 2.05 bits per heavy atom. The maximum atomic E-state index is 11.0. The number of anilines is 1. The third-order valence-electron chi connectivity index (χ3n) is 4.76. The van der Waals surface area contributed by atoms with Crippen LogP contribution >= 0.6 is 22.6 Å². The smallest absolute Gasteiger partial charge is 0.282 e. The van der Waals surface area contributed by atoms with Gasteiger partial charge < -0.3 is 10.2 Å². The molecule has 5 nitrogen and oxygen atoms in total. The van der Waals surface area contributed by atoms with Crippen LogP contribution in [0.15, 0.2) is 18.2 Å². The summed E-state index contributed by atoms with van der Waals surface area (Å²) in [5.74, 6) is 0. The molecule has 1 aliphatic heterocycles. The second kappa shape index (κ2) is 6.08. The number of hydrogen-bond acceptors (Lipinski definition) is 4. The maximum absolute atomic E-state index is 11.0. The lowest BCUT2D eigenvalue weighted by atomic mass is 9.78. The summed E-state index contributed by atoms with van der Waals surface area (Å²) in [4.78, 5) is 13.2. The first-order chi connectivity index (χ1) is 10.1. The van der Waals surface area contributed by atoms with Gasteiger partial charge in [-0.05, 0) is 47.6 Å². The number of benzene rings is 1. The lowest BCUT2D eigenvalue weighted by Crippen LogP contribution is -2.62. The summed E-state index contributed by atoms with van der Waals surface area (Å²) < 4.78 is 0.722. The molecule has 0 amide bonds. The van der Waals surface area contributed by atoms with E-state index >= 15 is 0 Å². The van der Waals surface area contributed by atoms with Crippen LogP contribution in [0.25, 0.3) is 0 Å². The molecular formula is C15H20IN3O2. The van der Waals surface area contributed by atoms with Crippen molar-refractivity contribution >= 4 is 34.0 Å². The Bertz CT molecular complexity index is 535. The van der Waals surface area contributed by atoms with Gasteiger partial charge in [0.15, 0.2) is 0 Å². The van der Waals surface area contributed by atoms with E-state index in [0.29, 0.717) is 0 Å². The molecule has 1 N–H and O–H groups in total. The quantitative estimate of drug-likeness (QED) is 0.470. The highest BCUT2D eigenvalue weighted by molar-refractivity contribution is 14.1. The van der Waals surface area contributed by atoms with E-state index in [2.05, 4.69) is 32.8 Å². The molecule has 1 heterocycles. The fraction of sp³-hybridized carbons (Fsp3) is 0.600. The highest BCUT2D eigenvalue weighted by Crippen LogP contribution is 2.38. The predicted molar refractivity (Wildman–Crippen MR) is 91.8 cm³/mol. The number of nitrogens with one attached hydrogen (secondary N) is 1. The van der Waals surface area contributed by atoms with Gasteiger partial charge in [0.25, 0.3) is 5.69 Å². The summed E-state index contributed by atoms with van der Waals surface area (Å²) in [5.41, 5.74) is 1.54. The van der Waals surface area contributed by atoms with Gasteiger partial charge in [-0.15, -0.1) is 0 Å². The minimum Gasteiger partial charge on any atom is -0.363 e. The molecule has 1 aromatic carbocycles. The van der Waals surface area contributed by atoms with Crippen molar-refractivity contribution in [2.45, 2.75) is 37.6 Å². The number of nitro benzene ring substituents is 1. The molecule has 0 unspecified atom stereocenters. The highest BCUT2D eigenvalue weighted by Gasteiger charge is 2.40. The van der Waals surface area contributed by atoms with Gasteiger partial charge >= 0.3 is 0 Å². The van der Waals surface area contributed by atoms with Gasteiger partial charge in [0, 0.05) is 31.4 Å². The molecule has 1 aliphatic carbocycles. The van der Waals surface area contributed by atoms with Crippen LogP contribution in [0.5, 0.6) is 0 Å². The van der Waals surface area contributed by atoms with Gasteiger partial charge in [-0.2, -0.15) is 0 Å². The van der Waals surface area contributed by atoms with Crippen molar-refractivity contribution in [3.05, 3.63) is 31.9 Å². The van der Waals surface area contributed by atoms with Crippen molar-refractivity contribution in [3.63, 3.8) is 0 Å². The van der Waals surface area contributed by atoms with Gasteiger partial charge in [0.1, 0.15) is 0 Å². The van der Waals surface area contributed by atoms with Gasteiger partial charge in [-0.3, -0.25) is 10.1 Å². The average molecular weight is 401 g/mol. The molecule has 114 valence electrons. The number of piperazine rings is 1. The predicted octanol–water partition coefficient (Wildman–Crippen LogP) is 3.31. The van der Waals surface area contributed by atoms with E-state index < -0.39 is 0 Å². The van der Waals surface area contributed by atoms with Crippen molar-refractivity contribution in [3.8, 4) is 0 Å². The zero-order chi connectivity index (χ0) is 14.9. The molecule has 2 fully saturated rings. The number of rotatable bonds is 2. The first kappa shape index (κ1) is 15.0. The van der Waals surface area contributed by atoms with Crippen LogP contribution in [0.1, 0.15) is 32.1 Å². The van der Waals surface area contributed by atoms with E-state index in [9.17, 15) is 10.1 Å². The number of halogens is 1. The van der Waals surface area contributed by atoms with E-state index in [4.69, 9.17) is 0 Å². The molecule has 2 aliphatic rings. The third kappa shape index (κ3) is 2.88. The summed E-state index contributed by atoms with van der Waals surface area (Å²) in [6.07, 6.45) is 6.32. The Hall–Kier alpha value is -0.890. The summed E-state index contributed by atoms with van der Waals surface area (Å²) in [6.45, 7) is 2.99. The average Bonchev–Trinajstić information content (AvgIpc) is 2.48. The Morgan fingerprint density at radius 1 is 1.29 bits per heavy atom. The van der Waals surface area contributed by atoms with Gasteiger partial charge in [0.05, 0.1) is 14.0 Å². The van der Waals surface area contributed by atoms with E-state index in [1.807, 2.05) is 12.1 Å².